The SMILES string of the molecule is CC(C)CC1CNC(C)(C)CN1CC1CC2CCC1C2. The summed E-state index contributed by atoms with van der Waals surface area (Å²) in [5.41, 5.74) is 0.297. The number of fused-ring (bicyclic) bond motifs is 2. The van der Waals surface area contributed by atoms with Gasteiger partial charge in [0.1, 0.15) is 0 Å². The Morgan fingerprint density at radius 3 is 2.60 bits per heavy atom. The van der Waals surface area contributed by atoms with Gasteiger partial charge in [0.25, 0.3) is 0 Å². The van der Waals surface area contributed by atoms with Crippen molar-refractivity contribution in [1.82, 2.24) is 10.2 Å². The molecule has 2 heteroatoms. The predicted molar refractivity (Wildman–Crippen MR) is 85.8 cm³/mol. The van der Waals surface area contributed by atoms with Crippen LogP contribution in [-0.2, 0) is 0 Å². The normalized spacial score (nSPS) is 40.6. The molecule has 0 radical (unpaired) electrons. The molecule has 3 rings (SSSR count). The van der Waals surface area contributed by atoms with Crippen LogP contribution >= 0.6 is 0 Å². The minimum atomic E-state index is 0.297. The molecule has 3 aliphatic rings. The number of nitrogens with one attached hydrogen (secondary N) is 1. The highest BCUT2D eigenvalue weighted by Gasteiger charge is 2.42. The Bertz CT molecular complexity index is 336. The number of hydrogen-bond acceptors (Lipinski definition) is 2. The van der Waals surface area contributed by atoms with Crippen LogP contribution in [0.4, 0.5) is 0 Å². The molecule has 116 valence electrons. The number of hydrogen-bond donors (Lipinski definition) is 1. The van der Waals surface area contributed by atoms with Crippen molar-refractivity contribution in [2.24, 2.45) is 23.7 Å². The summed E-state index contributed by atoms with van der Waals surface area (Å²) < 4.78 is 0. The first-order valence-corrected chi connectivity index (χ1v) is 8.92. The minimum Gasteiger partial charge on any atom is -0.309 e. The van der Waals surface area contributed by atoms with E-state index in [1.807, 2.05) is 0 Å². The quantitative estimate of drug-likeness (QED) is 0.846. The van der Waals surface area contributed by atoms with E-state index in [0.29, 0.717) is 5.54 Å². The second-order valence-electron chi connectivity index (χ2n) is 8.91. The van der Waals surface area contributed by atoms with Gasteiger partial charge < -0.3 is 5.32 Å². The molecule has 1 saturated heterocycles. The molecule has 0 spiro atoms. The lowest BCUT2D eigenvalue weighted by Crippen LogP contribution is -2.62. The van der Waals surface area contributed by atoms with Gasteiger partial charge in [-0.05, 0) is 63.2 Å². The van der Waals surface area contributed by atoms with Crippen LogP contribution in [0.5, 0.6) is 0 Å². The molecular weight excluding hydrogens is 244 g/mol. The predicted octanol–water partition coefficient (Wildman–Crippen LogP) is 3.52. The Morgan fingerprint density at radius 2 is 2.00 bits per heavy atom. The molecule has 4 unspecified atom stereocenters. The Morgan fingerprint density at radius 1 is 1.20 bits per heavy atom. The van der Waals surface area contributed by atoms with Crippen LogP contribution < -0.4 is 5.32 Å². The van der Waals surface area contributed by atoms with Gasteiger partial charge in [-0.15, -0.1) is 0 Å². The Hall–Kier alpha value is -0.0800. The first-order valence-electron chi connectivity index (χ1n) is 8.92. The van der Waals surface area contributed by atoms with E-state index < -0.39 is 0 Å². The average molecular weight is 278 g/mol. The van der Waals surface area contributed by atoms with E-state index in [9.17, 15) is 0 Å². The average Bonchev–Trinajstić information content (AvgIpc) is 2.94. The van der Waals surface area contributed by atoms with Crippen LogP contribution in [0.15, 0.2) is 0 Å². The summed E-state index contributed by atoms with van der Waals surface area (Å²) >= 11 is 0. The third-order valence-corrected chi connectivity index (χ3v) is 6.03. The van der Waals surface area contributed by atoms with Crippen molar-refractivity contribution < 1.29 is 0 Å². The molecule has 4 atom stereocenters. The molecule has 0 aromatic carbocycles. The fourth-order valence-corrected chi connectivity index (χ4v) is 5.11. The minimum absolute atomic E-state index is 0.297. The van der Waals surface area contributed by atoms with Gasteiger partial charge in [-0.1, -0.05) is 20.3 Å². The lowest BCUT2D eigenvalue weighted by molar-refractivity contribution is 0.0581. The molecule has 2 aliphatic carbocycles. The van der Waals surface area contributed by atoms with E-state index in [1.165, 1.54) is 45.3 Å². The molecule has 2 saturated carbocycles. The van der Waals surface area contributed by atoms with E-state index in [1.54, 1.807) is 6.42 Å². The highest BCUT2D eigenvalue weighted by atomic mass is 15.2. The van der Waals surface area contributed by atoms with Crippen molar-refractivity contribution in [3.63, 3.8) is 0 Å². The molecule has 0 aromatic heterocycles. The van der Waals surface area contributed by atoms with Gasteiger partial charge in [-0.25, -0.2) is 0 Å². The molecule has 0 amide bonds. The second kappa shape index (κ2) is 5.61. The first kappa shape index (κ1) is 14.8. The lowest BCUT2D eigenvalue weighted by Gasteiger charge is -2.47. The van der Waals surface area contributed by atoms with Crippen molar-refractivity contribution >= 4 is 0 Å². The van der Waals surface area contributed by atoms with E-state index in [0.717, 1.165) is 29.7 Å². The van der Waals surface area contributed by atoms with Crippen molar-refractivity contribution in [3.05, 3.63) is 0 Å². The summed E-state index contributed by atoms with van der Waals surface area (Å²) in [5, 5.41) is 3.76. The topological polar surface area (TPSA) is 15.3 Å². The Kier molecular flexibility index (Phi) is 4.16. The zero-order chi connectivity index (χ0) is 14.3. The first-order chi connectivity index (χ1) is 9.43. The van der Waals surface area contributed by atoms with Crippen LogP contribution in [0.3, 0.4) is 0 Å². The summed E-state index contributed by atoms with van der Waals surface area (Å²) in [7, 11) is 0. The van der Waals surface area contributed by atoms with Crippen LogP contribution in [-0.4, -0.2) is 36.1 Å². The van der Waals surface area contributed by atoms with Crippen LogP contribution in [0.25, 0.3) is 0 Å². The van der Waals surface area contributed by atoms with Crippen molar-refractivity contribution in [2.45, 2.75) is 71.4 Å². The molecule has 3 fully saturated rings. The van der Waals surface area contributed by atoms with Crippen LogP contribution in [0.1, 0.15) is 59.8 Å². The molecule has 2 nitrogen and oxygen atoms in total. The zero-order valence-electron chi connectivity index (χ0n) is 14.0. The van der Waals surface area contributed by atoms with Gasteiger partial charge in [0, 0.05) is 31.2 Å². The van der Waals surface area contributed by atoms with Gasteiger partial charge in [0.2, 0.25) is 0 Å². The third-order valence-electron chi connectivity index (χ3n) is 6.03. The molecule has 1 N–H and O–H groups in total. The highest BCUT2D eigenvalue weighted by Crippen LogP contribution is 2.48. The molecule has 2 bridgehead atoms. The maximum absolute atomic E-state index is 3.76. The van der Waals surface area contributed by atoms with Gasteiger partial charge in [-0.2, -0.15) is 0 Å². The molecule has 20 heavy (non-hydrogen) atoms. The zero-order valence-corrected chi connectivity index (χ0v) is 14.0. The summed E-state index contributed by atoms with van der Waals surface area (Å²) in [4.78, 5) is 2.85. The fourth-order valence-electron chi connectivity index (χ4n) is 5.11. The van der Waals surface area contributed by atoms with Crippen molar-refractivity contribution in [3.8, 4) is 0 Å². The van der Waals surface area contributed by atoms with Crippen LogP contribution in [0, 0.1) is 23.7 Å². The van der Waals surface area contributed by atoms with E-state index in [-0.39, 0.29) is 0 Å². The lowest BCUT2D eigenvalue weighted by atomic mass is 9.86. The smallest absolute Gasteiger partial charge is 0.0252 e. The van der Waals surface area contributed by atoms with E-state index in [4.69, 9.17) is 0 Å². The Labute approximate surface area is 125 Å². The number of piperazine rings is 1. The maximum Gasteiger partial charge on any atom is 0.0252 e. The third kappa shape index (κ3) is 3.22. The largest absolute Gasteiger partial charge is 0.309 e. The standard InChI is InChI=1S/C18H34N2/c1-13(2)7-17-10-19-18(3,4)12-20(17)11-16-9-14-5-6-15(16)8-14/h13-17,19H,5-12H2,1-4H3. The van der Waals surface area contributed by atoms with Gasteiger partial charge >= 0.3 is 0 Å². The van der Waals surface area contributed by atoms with Crippen LogP contribution in [0.2, 0.25) is 0 Å². The molecule has 1 heterocycles. The fraction of sp³-hybridized carbons (Fsp3) is 1.00. The van der Waals surface area contributed by atoms with Gasteiger partial charge in [-0.3, -0.25) is 4.90 Å². The number of rotatable bonds is 4. The second-order valence-corrected chi connectivity index (χ2v) is 8.91. The van der Waals surface area contributed by atoms with Gasteiger partial charge in [0.05, 0.1) is 0 Å². The monoisotopic (exact) mass is 278 g/mol. The van der Waals surface area contributed by atoms with E-state index >= 15 is 0 Å². The number of nitrogens with zero attached hydrogens (tertiary/aromatic N) is 1. The van der Waals surface area contributed by atoms with Crippen molar-refractivity contribution in [1.29, 1.82) is 0 Å². The summed E-state index contributed by atoms with van der Waals surface area (Å²) in [5.74, 6) is 3.98. The highest BCUT2D eigenvalue weighted by molar-refractivity contribution is 4.96. The van der Waals surface area contributed by atoms with Crippen molar-refractivity contribution in [2.75, 3.05) is 19.6 Å². The summed E-state index contributed by atoms with van der Waals surface area (Å²) in [6, 6.07) is 0.766. The maximum atomic E-state index is 3.76. The summed E-state index contributed by atoms with van der Waals surface area (Å²) in [6.07, 6.45) is 7.49. The van der Waals surface area contributed by atoms with E-state index in [2.05, 4.69) is 37.9 Å². The molecule has 0 aromatic rings. The van der Waals surface area contributed by atoms with Gasteiger partial charge in [0.15, 0.2) is 0 Å². The molecule has 1 aliphatic heterocycles. The Balaban J connectivity index is 1.63. The molecular formula is C18H34N2. The summed E-state index contributed by atoms with van der Waals surface area (Å²) in [6.45, 7) is 13.3.